The SMILES string of the molecule is CC/C=C\C/C=C\C/C=C\C/C=C\CCCCCCCCCCCCCCC(=O)NC(COP(=O)([O-])OCC[N+](C)(C)C)C(O)/C=C/CCCCCCCCCCCCCC. The number of carbonyl (C=O) groups is 1. The standard InChI is InChI=1S/C52H97N2O6P/c1-6-8-10-12-14-16-18-20-22-23-24-25-26-27-28-29-30-31-32-34-36-38-40-42-44-46-52(56)53-50(49-60-61(57,58)59-48-47-54(3,4)5)51(55)45-43-41-39-37-35-33-21-19-17-15-13-11-9-7-2/h8,10,14,16,20,22,24-25,43,45,50-51,55H,6-7,9,11-13,15,17-19,21,23,26-42,44,46-49H2,1-5H3,(H-,53,56,57,58)/b10-8-,16-14-,22-20-,25-24-,45-43+. The van der Waals surface area contributed by atoms with Gasteiger partial charge < -0.3 is 28.8 Å². The third-order valence-corrected chi connectivity index (χ3v) is 11.9. The Morgan fingerprint density at radius 1 is 0.590 bits per heavy atom. The summed E-state index contributed by atoms with van der Waals surface area (Å²) in [5.41, 5.74) is 0. The number of nitrogens with zero attached hydrogens (tertiary/aromatic N) is 1. The van der Waals surface area contributed by atoms with Crippen molar-refractivity contribution in [3.05, 3.63) is 60.8 Å². The van der Waals surface area contributed by atoms with Crippen molar-refractivity contribution in [2.24, 2.45) is 0 Å². The van der Waals surface area contributed by atoms with E-state index in [0.717, 1.165) is 64.2 Å². The first kappa shape index (κ1) is 59.2. The van der Waals surface area contributed by atoms with Crippen molar-refractivity contribution in [3.63, 3.8) is 0 Å². The molecule has 1 amide bonds. The molecule has 0 bridgehead atoms. The van der Waals surface area contributed by atoms with Gasteiger partial charge in [0.1, 0.15) is 13.2 Å². The summed E-state index contributed by atoms with van der Waals surface area (Å²) in [5.74, 6) is -0.202. The molecular weight excluding hydrogens is 780 g/mol. The Balaban J connectivity index is 4.25. The first-order valence-electron chi connectivity index (χ1n) is 25.2. The number of hydrogen-bond donors (Lipinski definition) is 2. The molecule has 0 spiro atoms. The number of allylic oxidation sites excluding steroid dienone is 9. The van der Waals surface area contributed by atoms with Gasteiger partial charge in [0, 0.05) is 6.42 Å². The van der Waals surface area contributed by atoms with Crippen molar-refractivity contribution in [3.8, 4) is 0 Å². The molecule has 0 aromatic carbocycles. The quantitative estimate of drug-likeness (QED) is 0.0273. The predicted molar refractivity (Wildman–Crippen MR) is 261 cm³/mol. The van der Waals surface area contributed by atoms with Gasteiger partial charge >= 0.3 is 0 Å². The van der Waals surface area contributed by atoms with Crippen LogP contribution in [-0.2, 0) is 18.4 Å². The van der Waals surface area contributed by atoms with Crippen LogP contribution in [-0.4, -0.2) is 68.5 Å². The lowest BCUT2D eigenvalue weighted by molar-refractivity contribution is -0.870. The lowest BCUT2D eigenvalue weighted by Gasteiger charge is -2.29. The van der Waals surface area contributed by atoms with Gasteiger partial charge in [0.2, 0.25) is 5.91 Å². The summed E-state index contributed by atoms with van der Waals surface area (Å²) in [5, 5.41) is 13.8. The van der Waals surface area contributed by atoms with Crippen molar-refractivity contribution in [1.82, 2.24) is 5.32 Å². The van der Waals surface area contributed by atoms with E-state index < -0.39 is 20.0 Å². The van der Waals surface area contributed by atoms with E-state index in [1.807, 2.05) is 27.2 Å². The highest BCUT2D eigenvalue weighted by Crippen LogP contribution is 2.38. The van der Waals surface area contributed by atoms with Gasteiger partial charge in [-0.3, -0.25) is 9.36 Å². The molecule has 61 heavy (non-hydrogen) atoms. The Kier molecular flexibility index (Phi) is 42.2. The van der Waals surface area contributed by atoms with Crippen LogP contribution >= 0.6 is 7.82 Å². The van der Waals surface area contributed by atoms with Crippen LogP contribution in [0.15, 0.2) is 60.8 Å². The van der Waals surface area contributed by atoms with Crippen LogP contribution in [0.25, 0.3) is 0 Å². The third kappa shape index (κ3) is 46.0. The molecule has 0 radical (unpaired) electrons. The highest BCUT2D eigenvalue weighted by Gasteiger charge is 2.23. The highest BCUT2D eigenvalue weighted by molar-refractivity contribution is 7.45. The highest BCUT2D eigenvalue weighted by atomic mass is 31.2. The number of aliphatic hydroxyl groups excluding tert-OH is 1. The smallest absolute Gasteiger partial charge is 0.268 e. The average molecular weight is 877 g/mol. The number of carbonyl (C=O) groups excluding carboxylic acids is 1. The number of rotatable bonds is 45. The minimum Gasteiger partial charge on any atom is -0.756 e. The molecule has 0 aliphatic heterocycles. The van der Waals surface area contributed by atoms with Crippen molar-refractivity contribution < 1.29 is 32.9 Å². The largest absolute Gasteiger partial charge is 0.756 e. The van der Waals surface area contributed by atoms with E-state index in [1.54, 1.807) is 6.08 Å². The molecule has 3 unspecified atom stereocenters. The van der Waals surface area contributed by atoms with Crippen LogP contribution in [0.3, 0.4) is 0 Å². The van der Waals surface area contributed by atoms with Gasteiger partial charge in [0.05, 0.1) is 39.9 Å². The Morgan fingerprint density at radius 2 is 1.00 bits per heavy atom. The summed E-state index contributed by atoms with van der Waals surface area (Å²) < 4.78 is 23.3. The van der Waals surface area contributed by atoms with Crippen LogP contribution in [0.1, 0.15) is 213 Å². The molecule has 9 heteroatoms. The maximum atomic E-state index is 12.9. The van der Waals surface area contributed by atoms with E-state index in [4.69, 9.17) is 9.05 Å². The minimum absolute atomic E-state index is 0.00296. The molecule has 0 heterocycles. The maximum absolute atomic E-state index is 12.9. The molecule has 0 saturated carbocycles. The second-order valence-corrected chi connectivity index (χ2v) is 19.6. The van der Waals surface area contributed by atoms with Crippen LogP contribution in [0.5, 0.6) is 0 Å². The van der Waals surface area contributed by atoms with Crippen LogP contribution in [0, 0.1) is 0 Å². The number of phosphoric acid groups is 1. The van der Waals surface area contributed by atoms with Crippen LogP contribution in [0.2, 0.25) is 0 Å². The normalized spacial score (nSPS) is 14.7. The zero-order chi connectivity index (χ0) is 45.0. The third-order valence-electron chi connectivity index (χ3n) is 11.0. The van der Waals surface area contributed by atoms with E-state index in [9.17, 15) is 19.4 Å². The fraction of sp³-hybridized carbons (Fsp3) is 0.788. The van der Waals surface area contributed by atoms with E-state index in [-0.39, 0.29) is 19.1 Å². The monoisotopic (exact) mass is 877 g/mol. The molecule has 3 atom stereocenters. The topological polar surface area (TPSA) is 108 Å². The fourth-order valence-corrected chi connectivity index (χ4v) is 7.75. The summed E-state index contributed by atoms with van der Waals surface area (Å²) in [6.07, 6.45) is 57.0. The first-order valence-corrected chi connectivity index (χ1v) is 26.6. The number of amides is 1. The summed E-state index contributed by atoms with van der Waals surface area (Å²) in [7, 11) is 1.26. The zero-order valence-electron chi connectivity index (χ0n) is 40.4. The Labute approximate surface area is 377 Å². The van der Waals surface area contributed by atoms with Gasteiger partial charge in [0.25, 0.3) is 7.82 Å². The van der Waals surface area contributed by atoms with E-state index in [1.165, 1.54) is 128 Å². The lowest BCUT2D eigenvalue weighted by Crippen LogP contribution is -2.45. The molecule has 0 rings (SSSR count). The number of aliphatic hydroxyl groups is 1. The first-order chi connectivity index (χ1) is 29.5. The number of hydrogen-bond acceptors (Lipinski definition) is 6. The van der Waals surface area contributed by atoms with Crippen molar-refractivity contribution in [2.75, 3.05) is 40.9 Å². The van der Waals surface area contributed by atoms with Gasteiger partial charge in [-0.2, -0.15) is 0 Å². The second kappa shape index (κ2) is 43.5. The molecule has 0 saturated heterocycles. The molecule has 356 valence electrons. The number of phosphoric ester groups is 1. The van der Waals surface area contributed by atoms with Gasteiger partial charge in [-0.05, 0) is 57.8 Å². The molecule has 2 N–H and O–H groups in total. The summed E-state index contributed by atoms with van der Waals surface area (Å²) in [4.78, 5) is 25.4. The minimum atomic E-state index is -4.59. The molecule has 0 aromatic heterocycles. The van der Waals surface area contributed by atoms with Crippen LogP contribution < -0.4 is 10.2 Å². The molecular formula is C52H97N2O6P. The molecule has 0 aliphatic carbocycles. The van der Waals surface area contributed by atoms with Gasteiger partial charge in [-0.1, -0.05) is 209 Å². The second-order valence-electron chi connectivity index (χ2n) is 18.1. The number of unbranched alkanes of at least 4 members (excludes halogenated alkanes) is 24. The van der Waals surface area contributed by atoms with E-state index in [2.05, 4.69) is 67.8 Å². The van der Waals surface area contributed by atoms with Crippen LogP contribution in [0.4, 0.5) is 0 Å². The molecule has 8 nitrogen and oxygen atoms in total. The molecule has 0 aromatic rings. The Hall–Kier alpha value is -1.80. The summed E-state index contributed by atoms with van der Waals surface area (Å²) in [6, 6.07) is -0.888. The number of likely N-dealkylation sites (N-methyl/N-ethyl adjacent to an activating group) is 1. The van der Waals surface area contributed by atoms with Crippen molar-refractivity contribution in [1.29, 1.82) is 0 Å². The summed E-state index contributed by atoms with van der Waals surface area (Å²) >= 11 is 0. The van der Waals surface area contributed by atoms with Gasteiger partial charge in [-0.25, -0.2) is 0 Å². The van der Waals surface area contributed by atoms with Gasteiger partial charge in [-0.15, -0.1) is 0 Å². The fourth-order valence-electron chi connectivity index (χ4n) is 7.03. The van der Waals surface area contributed by atoms with E-state index in [0.29, 0.717) is 17.4 Å². The Morgan fingerprint density at radius 3 is 1.46 bits per heavy atom. The number of nitrogens with one attached hydrogen (secondary N) is 1. The van der Waals surface area contributed by atoms with Crippen molar-refractivity contribution in [2.45, 2.75) is 225 Å². The zero-order valence-corrected chi connectivity index (χ0v) is 41.2. The lowest BCUT2D eigenvalue weighted by atomic mass is 10.0. The number of quaternary nitrogens is 1. The predicted octanol–water partition coefficient (Wildman–Crippen LogP) is 14.0. The maximum Gasteiger partial charge on any atom is 0.268 e. The molecule has 0 aliphatic rings. The Bertz CT molecular complexity index is 1180. The van der Waals surface area contributed by atoms with E-state index >= 15 is 0 Å². The van der Waals surface area contributed by atoms with Crippen molar-refractivity contribution >= 4 is 13.7 Å². The summed E-state index contributed by atoms with van der Waals surface area (Å²) in [6.45, 7) is 4.53. The molecule has 0 fully saturated rings. The van der Waals surface area contributed by atoms with Gasteiger partial charge in [0.15, 0.2) is 0 Å². The average Bonchev–Trinajstić information content (AvgIpc) is 3.21.